The first-order chi connectivity index (χ1) is 39.7. The number of rotatable bonds is 7. The summed E-state index contributed by atoms with van der Waals surface area (Å²) in [6.07, 6.45) is 0. The molecule has 29 heteroatoms. The van der Waals surface area contributed by atoms with Gasteiger partial charge >= 0.3 is 29.7 Å². The molecule has 4 aliphatic rings. The van der Waals surface area contributed by atoms with Crippen LogP contribution in [0, 0.1) is 35.1 Å². The van der Waals surface area contributed by atoms with Crippen LogP contribution in [0.3, 0.4) is 0 Å². The van der Waals surface area contributed by atoms with E-state index < -0.39 is 17.9 Å². The number of hydrogen-bond acceptors (Lipinski definition) is 24. The van der Waals surface area contributed by atoms with Crippen molar-refractivity contribution in [3.05, 3.63) is 114 Å². The summed E-state index contributed by atoms with van der Waals surface area (Å²) in [5.74, 6) is 3.64. The van der Waals surface area contributed by atoms with E-state index in [4.69, 9.17) is 67.8 Å². The van der Waals surface area contributed by atoms with Gasteiger partial charge in [0.05, 0.1) is 35.0 Å². The molecule has 6 aromatic heterocycles. The number of fused-ring (bicyclic) bond motifs is 4. The molecule has 4 aliphatic heterocycles. The number of alkyl halides is 1. The van der Waals surface area contributed by atoms with Crippen molar-refractivity contribution >= 4 is 79.0 Å². The van der Waals surface area contributed by atoms with E-state index in [1.54, 1.807) is 55.5 Å². The molecule has 88 heavy (non-hydrogen) atoms. The molecular formula is C59H87BrI2N6O20+2. The Hall–Kier alpha value is -7.07. The van der Waals surface area contributed by atoms with Gasteiger partial charge in [-0.05, 0) is 127 Å². The first kappa shape index (κ1) is 85.1. The molecule has 0 saturated heterocycles. The van der Waals surface area contributed by atoms with Crippen molar-refractivity contribution in [2.45, 2.75) is 98.8 Å². The molecule has 10 rings (SSSR count). The number of esters is 3. The Kier molecular flexibility index (Phi) is 45.5. The molecule has 26 nitrogen and oxygen atoms in total. The minimum Gasteiger partial charge on any atom is -0.505 e. The Labute approximate surface area is 551 Å². The molecule has 0 amide bonds. The van der Waals surface area contributed by atoms with E-state index in [0.717, 1.165) is 47.4 Å². The van der Waals surface area contributed by atoms with Gasteiger partial charge in [0.1, 0.15) is 72.6 Å². The second-order valence-electron chi connectivity index (χ2n) is 16.4. The Balaban J connectivity index is -0.000000948. The largest absolute Gasteiger partial charge is 0.505 e. The fourth-order valence-corrected chi connectivity index (χ4v) is 7.35. The minimum atomic E-state index is -0.562. The predicted octanol–water partition coefficient (Wildman–Crippen LogP) is 8.56. The van der Waals surface area contributed by atoms with Crippen molar-refractivity contribution in [3.63, 3.8) is 0 Å². The lowest BCUT2D eigenvalue weighted by atomic mass is 10.3. The van der Waals surface area contributed by atoms with Crippen molar-refractivity contribution in [3.8, 4) is 58.0 Å². The Morgan fingerprint density at radius 2 is 0.966 bits per heavy atom. The second-order valence-corrected chi connectivity index (χ2v) is 19.3. The number of carbonyl (C=O) groups is 3. The zero-order valence-electron chi connectivity index (χ0n) is 46.5. The number of aryl methyl sites for hydroxylation is 4. The van der Waals surface area contributed by atoms with Gasteiger partial charge < -0.3 is 72.5 Å². The highest BCUT2D eigenvalue weighted by Crippen LogP contribution is 2.29. The van der Waals surface area contributed by atoms with Crippen LogP contribution in [0.4, 0.5) is 0 Å². The Bertz CT molecular complexity index is 2990. The highest BCUT2D eigenvalue weighted by molar-refractivity contribution is 14.1. The van der Waals surface area contributed by atoms with E-state index in [-0.39, 0.29) is 75.2 Å². The van der Waals surface area contributed by atoms with Crippen LogP contribution in [-0.4, -0.2) is 147 Å². The number of ether oxygens (including phenoxy) is 11. The van der Waals surface area contributed by atoms with Gasteiger partial charge in [0.15, 0.2) is 23.9 Å². The molecule has 10 heterocycles. The molecule has 0 aliphatic carbocycles. The molecule has 0 atom stereocenters. The van der Waals surface area contributed by atoms with Crippen molar-refractivity contribution < 1.29 is 107 Å². The van der Waals surface area contributed by atoms with Gasteiger partial charge in [-0.2, -0.15) is 0 Å². The van der Waals surface area contributed by atoms with Crippen molar-refractivity contribution in [1.82, 2.24) is 19.9 Å². The highest BCUT2D eigenvalue weighted by atomic mass is 127. The van der Waals surface area contributed by atoms with E-state index in [9.17, 15) is 24.8 Å². The number of pyridine rings is 6. The zero-order chi connectivity index (χ0) is 61.3. The summed E-state index contributed by atoms with van der Waals surface area (Å²) in [6.45, 7) is 15.9. The maximum atomic E-state index is 10.6. The number of halogens is 3. The maximum Gasteiger partial charge on any atom is 0.460 e. The van der Waals surface area contributed by atoms with Crippen LogP contribution in [-0.2, 0) is 37.1 Å². The quantitative estimate of drug-likeness (QED) is 0.0166. The smallest absolute Gasteiger partial charge is 0.460 e. The highest BCUT2D eigenvalue weighted by Gasteiger charge is 2.29. The van der Waals surface area contributed by atoms with Gasteiger partial charge in [0.2, 0.25) is 17.2 Å². The number of aromatic hydroxyl groups is 1. The van der Waals surface area contributed by atoms with Crippen molar-refractivity contribution in [2.75, 3.05) is 78.0 Å². The van der Waals surface area contributed by atoms with E-state index in [2.05, 4.69) is 63.2 Å². The molecule has 0 bridgehead atoms. The number of aliphatic hydroxyl groups excluding tert-OH is 3. The van der Waals surface area contributed by atoms with Crippen LogP contribution >= 0.6 is 61.1 Å². The molecule has 0 aromatic carbocycles. The average Bonchev–Trinajstić information content (AvgIpc) is 3.34. The topological polar surface area (TPSA) is 333 Å². The lowest BCUT2D eigenvalue weighted by molar-refractivity contribution is -0.912. The maximum absolute atomic E-state index is 10.6. The summed E-state index contributed by atoms with van der Waals surface area (Å²) in [6, 6.07) is 21.3. The number of aliphatic hydroxyl groups is 3. The summed E-state index contributed by atoms with van der Waals surface area (Å²) >= 11 is 7.10. The predicted molar refractivity (Wildman–Crippen MR) is 346 cm³/mol. The molecule has 0 spiro atoms. The first-order valence-corrected chi connectivity index (χ1v) is 28.3. The molecule has 6 N–H and O–H groups in total. The standard InChI is InChI=1S/C10H12NO5.C8H10INO2.C8H10NO3.C8H9NO3.C8H9NO2.C6H6INO.C4H6O3.C2H5BrO.5CH4/c1-7(12)16-6-8-2-3-9-10(11(8)13)15-5-4-14-9;1-6-2-3-7(8(9)10-6)12-5-4-11;1-6-2-3-7-8(9(6)10)12-5-4-11-7;10-5-6-1-2-7-8(9-6)12-4-3-11-7;1-6-2-3-7-8(9-6)11-5-4-10-7;1-4-2-3-5(9)6(7)8-4;1-3(5)7-4(2)6;3-1-2-4;;;;;/h2-3,13H,4-6H2,1H3;2-3,11H,4-5H2,1H3;2-3,10H,4-5H2,1H3;1-2,10H,3-5H2;2-3H,4-5H2,1H3;2-3,9H,1H3;1-2H3;4H,1-2H2;5*1H4/q+1;;+1;;;;;;;;;;. The van der Waals surface area contributed by atoms with Gasteiger partial charge in [0.25, 0.3) is 17.5 Å². The van der Waals surface area contributed by atoms with E-state index >= 15 is 0 Å². The van der Waals surface area contributed by atoms with Gasteiger partial charge in [-0.3, -0.25) is 24.8 Å². The van der Waals surface area contributed by atoms with Crippen LogP contribution in [0.2, 0.25) is 0 Å². The van der Waals surface area contributed by atoms with Crippen LogP contribution in [0.15, 0.2) is 72.8 Å². The second kappa shape index (κ2) is 47.0. The summed E-state index contributed by atoms with van der Waals surface area (Å²) in [4.78, 5) is 46.7. The van der Waals surface area contributed by atoms with E-state index in [0.29, 0.717) is 115 Å². The summed E-state index contributed by atoms with van der Waals surface area (Å²) in [5.41, 5.74) is 4.58. The third-order valence-electron chi connectivity index (χ3n) is 9.71. The number of nitrogens with zero attached hydrogens (tertiary/aromatic N) is 6. The first-order valence-electron chi connectivity index (χ1n) is 25.0. The Morgan fingerprint density at radius 3 is 1.43 bits per heavy atom. The summed E-state index contributed by atoms with van der Waals surface area (Å²) in [5, 5.41) is 54.0. The van der Waals surface area contributed by atoms with Crippen molar-refractivity contribution in [1.29, 1.82) is 0 Å². The van der Waals surface area contributed by atoms with Gasteiger partial charge in [-0.15, -0.1) is 0 Å². The van der Waals surface area contributed by atoms with Gasteiger partial charge in [-0.25, -0.2) is 19.9 Å². The molecule has 6 aromatic rings. The number of hydrogen-bond donors (Lipinski definition) is 6. The zero-order valence-corrected chi connectivity index (χ0v) is 52.4. The monoisotopic (exact) mass is 1530 g/mol. The molecule has 0 unspecified atom stereocenters. The SMILES string of the molecule is C.C.C.C.C.CC(=O)OC(C)=O.CC(=O)OCc1ccc2c([n+]1O)OCCO2.Cc1ccc(O)c(I)n1.Cc1ccc(OCCO)c(I)n1.Cc1ccc2c([n+]1O)OCCO2.Cc1ccc2c(n1)OCCO2.OCCBr.OCc1ccc2c(n1)OCCO2. The van der Waals surface area contributed by atoms with Crippen LogP contribution < -0.4 is 52.1 Å². The lowest BCUT2D eigenvalue weighted by Crippen LogP contribution is -2.40. The fraction of sp³-hybridized carbons (Fsp3) is 0.441. The summed E-state index contributed by atoms with van der Waals surface area (Å²) in [7, 11) is 0. The van der Waals surface area contributed by atoms with Gasteiger partial charge in [0, 0.05) is 62.2 Å². The average molecular weight is 1530 g/mol. The van der Waals surface area contributed by atoms with Gasteiger partial charge in [-0.1, -0.05) is 53.1 Å². The number of aromatic nitrogens is 6. The molecule has 0 saturated carbocycles. The number of carbonyl (C=O) groups excluding carboxylic acids is 3. The third kappa shape index (κ3) is 31.7. The van der Waals surface area contributed by atoms with E-state index in [1.807, 2.05) is 67.6 Å². The fourth-order valence-electron chi connectivity index (χ4n) is 6.08. The lowest BCUT2D eigenvalue weighted by Gasteiger charge is -2.17. The summed E-state index contributed by atoms with van der Waals surface area (Å²) < 4.78 is 59.3. The van der Waals surface area contributed by atoms with E-state index in [1.165, 1.54) is 20.8 Å². The molecule has 0 radical (unpaired) electrons. The third-order valence-corrected chi connectivity index (χ3v) is 11.6. The van der Waals surface area contributed by atoms with Crippen LogP contribution in [0.25, 0.3) is 0 Å². The molecule has 0 fully saturated rings. The Morgan fingerprint density at radius 1 is 0.534 bits per heavy atom. The van der Waals surface area contributed by atoms with Crippen LogP contribution in [0.1, 0.15) is 92.1 Å². The minimum absolute atomic E-state index is 0. The molecule has 492 valence electrons. The van der Waals surface area contributed by atoms with Crippen LogP contribution in [0.5, 0.6) is 58.0 Å². The normalized spacial score (nSPS) is 11.5. The molecular weight excluding hydrogens is 1450 g/mol. The van der Waals surface area contributed by atoms with Crippen molar-refractivity contribution in [2.24, 2.45) is 0 Å².